The van der Waals surface area contributed by atoms with Gasteiger partial charge in [0.15, 0.2) is 0 Å². The third kappa shape index (κ3) is 4.51. The van der Waals surface area contributed by atoms with Crippen LogP contribution in [0.1, 0.15) is 39.5 Å². The molecule has 0 saturated carbocycles. The SMILES string of the molecule is CCN1CC[C@@H](NCCCCC#N)[C@@H](C)C1. The number of nitriles is 1. The first-order chi connectivity index (χ1) is 7.77. The van der Waals surface area contributed by atoms with Crippen LogP contribution < -0.4 is 5.32 Å². The van der Waals surface area contributed by atoms with E-state index in [2.05, 4.69) is 30.1 Å². The summed E-state index contributed by atoms with van der Waals surface area (Å²) < 4.78 is 0. The van der Waals surface area contributed by atoms with E-state index >= 15 is 0 Å². The third-order valence-electron chi connectivity index (χ3n) is 3.56. The summed E-state index contributed by atoms with van der Waals surface area (Å²) in [6, 6.07) is 2.88. The van der Waals surface area contributed by atoms with E-state index < -0.39 is 0 Å². The molecule has 1 fully saturated rings. The monoisotopic (exact) mass is 223 g/mol. The fraction of sp³-hybridized carbons (Fsp3) is 0.923. The lowest BCUT2D eigenvalue weighted by atomic mass is 9.94. The maximum atomic E-state index is 8.44. The van der Waals surface area contributed by atoms with Gasteiger partial charge in [-0.3, -0.25) is 0 Å². The van der Waals surface area contributed by atoms with E-state index in [9.17, 15) is 0 Å². The predicted octanol–water partition coefficient (Wildman–Crippen LogP) is 2.00. The van der Waals surface area contributed by atoms with Crippen molar-refractivity contribution >= 4 is 0 Å². The molecule has 0 radical (unpaired) electrons. The van der Waals surface area contributed by atoms with Gasteiger partial charge in [-0.25, -0.2) is 0 Å². The summed E-state index contributed by atoms with van der Waals surface area (Å²) in [4.78, 5) is 2.53. The standard InChI is InChI=1S/C13H25N3/c1-3-16-10-7-13(12(2)11-16)15-9-6-4-5-8-14/h12-13,15H,3-7,9-11H2,1-2H3/t12-,13+/m0/s1. The Balaban J connectivity index is 2.11. The van der Waals surface area contributed by atoms with Crippen LogP contribution in [0.5, 0.6) is 0 Å². The smallest absolute Gasteiger partial charge is 0.0621 e. The molecule has 1 aliphatic rings. The summed E-state index contributed by atoms with van der Waals surface area (Å²) in [7, 11) is 0. The van der Waals surface area contributed by atoms with Gasteiger partial charge in [0.25, 0.3) is 0 Å². The van der Waals surface area contributed by atoms with Crippen LogP contribution >= 0.6 is 0 Å². The van der Waals surface area contributed by atoms with Crippen molar-refractivity contribution in [2.45, 2.75) is 45.6 Å². The number of hydrogen-bond acceptors (Lipinski definition) is 3. The maximum Gasteiger partial charge on any atom is 0.0621 e. The molecule has 0 amide bonds. The molecule has 1 heterocycles. The van der Waals surface area contributed by atoms with Crippen LogP contribution in [-0.2, 0) is 0 Å². The lowest BCUT2D eigenvalue weighted by molar-refractivity contribution is 0.153. The number of likely N-dealkylation sites (tertiary alicyclic amines) is 1. The molecule has 0 spiro atoms. The molecule has 0 aliphatic carbocycles. The highest BCUT2D eigenvalue weighted by molar-refractivity contribution is 4.82. The first kappa shape index (κ1) is 13.5. The molecular weight excluding hydrogens is 198 g/mol. The fourth-order valence-corrected chi connectivity index (χ4v) is 2.44. The maximum absolute atomic E-state index is 8.44. The first-order valence-corrected chi connectivity index (χ1v) is 6.60. The molecule has 0 aromatic heterocycles. The average Bonchev–Trinajstić information content (AvgIpc) is 2.30. The van der Waals surface area contributed by atoms with Gasteiger partial charge in [0.1, 0.15) is 0 Å². The molecule has 2 atom stereocenters. The topological polar surface area (TPSA) is 39.1 Å². The average molecular weight is 223 g/mol. The molecule has 1 N–H and O–H groups in total. The van der Waals surface area contributed by atoms with Crippen LogP contribution in [0.4, 0.5) is 0 Å². The molecule has 1 rings (SSSR count). The number of unbranched alkanes of at least 4 members (excludes halogenated alkanes) is 2. The molecule has 1 saturated heterocycles. The minimum absolute atomic E-state index is 0.685. The van der Waals surface area contributed by atoms with Crippen LogP contribution in [0.3, 0.4) is 0 Å². The van der Waals surface area contributed by atoms with Crippen LogP contribution in [0.25, 0.3) is 0 Å². The van der Waals surface area contributed by atoms with Crippen molar-refractivity contribution in [1.82, 2.24) is 10.2 Å². The molecule has 0 bridgehead atoms. The Labute approximate surface area is 99.8 Å². The van der Waals surface area contributed by atoms with Crippen LogP contribution in [0.2, 0.25) is 0 Å². The van der Waals surface area contributed by atoms with Gasteiger partial charge in [-0.1, -0.05) is 13.8 Å². The molecule has 16 heavy (non-hydrogen) atoms. The zero-order valence-corrected chi connectivity index (χ0v) is 10.7. The molecule has 3 nitrogen and oxygen atoms in total. The van der Waals surface area contributed by atoms with Crippen LogP contribution in [0, 0.1) is 17.2 Å². The van der Waals surface area contributed by atoms with E-state index in [-0.39, 0.29) is 0 Å². The number of nitrogens with zero attached hydrogens (tertiary/aromatic N) is 2. The summed E-state index contributed by atoms with van der Waals surface area (Å²) in [6.45, 7) is 9.29. The lowest BCUT2D eigenvalue weighted by Gasteiger charge is -2.36. The number of piperidine rings is 1. The van der Waals surface area contributed by atoms with Gasteiger partial charge in [-0.15, -0.1) is 0 Å². The van der Waals surface area contributed by atoms with Crippen molar-refractivity contribution in [3.05, 3.63) is 0 Å². The van der Waals surface area contributed by atoms with Gasteiger partial charge in [0, 0.05) is 19.0 Å². The minimum atomic E-state index is 0.685. The highest BCUT2D eigenvalue weighted by Gasteiger charge is 2.24. The predicted molar refractivity (Wildman–Crippen MR) is 67.1 cm³/mol. The Morgan fingerprint density at radius 1 is 1.44 bits per heavy atom. The van der Waals surface area contributed by atoms with E-state index in [4.69, 9.17) is 5.26 Å². The number of nitrogens with one attached hydrogen (secondary N) is 1. The Bertz CT molecular complexity index is 222. The normalized spacial score (nSPS) is 26.6. The summed E-state index contributed by atoms with van der Waals surface area (Å²) in [5.74, 6) is 0.754. The highest BCUT2D eigenvalue weighted by Crippen LogP contribution is 2.16. The molecule has 0 aromatic rings. The van der Waals surface area contributed by atoms with Crippen molar-refractivity contribution in [2.24, 2.45) is 5.92 Å². The summed E-state index contributed by atoms with van der Waals surface area (Å²) in [5, 5.41) is 12.1. The fourth-order valence-electron chi connectivity index (χ4n) is 2.44. The Hall–Kier alpha value is -0.590. The van der Waals surface area contributed by atoms with Crippen molar-refractivity contribution in [1.29, 1.82) is 5.26 Å². The molecule has 1 aliphatic heterocycles. The van der Waals surface area contributed by atoms with Crippen LogP contribution in [-0.4, -0.2) is 37.1 Å². The first-order valence-electron chi connectivity index (χ1n) is 6.60. The zero-order chi connectivity index (χ0) is 11.8. The zero-order valence-electron chi connectivity index (χ0n) is 10.7. The van der Waals surface area contributed by atoms with Gasteiger partial charge in [0.2, 0.25) is 0 Å². The van der Waals surface area contributed by atoms with E-state index in [0.717, 1.165) is 25.3 Å². The Morgan fingerprint density at radius 2 is 2.25 bits per heavy atom. The summed E-state index contributed by atoms with van der Waals surface area (Å²) in [6.07, 6.45) is 4.14. The van der Waals surface area contributed by atoms with E-state index in [0.29, 0.717) is 12.5 Å². The molecule has 0 aromatic carbocycles. The van der Waals surface area contributed by atoms with Crippen LogP contribution in [0.15, 0.2) is 0 Å². The molecule has 0 unspecified atom stereocenters. The number of rotatable bonds is 6. The Morgan fingerprint density at radius 3 is 2.88 bits per heavy atom. The van der Waals surface area contributed by atoms with Gasteiger partial charge < -0.3 is 10.2 Å². The largest absolute Gasteiger partial charge is 0.314 e. The van der Waals surface area contributed by atoms with Crippen molar-refractivity contribution in [2.75, 3.05) is 26.2 Å². The van der Waals surface area contributed by atoms with Gasteiger partial charge in [-0.05, 0) is 44.8 Å². The Kier molecular flexibility index (Phi) is 6.44. The van der Waals surface area contributed by atoms with E-state index in [1.165, 1.54) is 26.1 Å². The lowest BCUT2D eigenvalue weighted by Crippen LogP contribution is -2.48. The van der Waals surface area contributed by atoms with Crippen molar-refractivity contribution in [3.8, 4) is 6.07 Å². The van der Waals surface area contributed by atoms with Gasteiger partial charge in [0.05, 0.1) is 6.07 Å². The minimum Gasteiger partial charge on any atom is -0.314 e. The molecule has 92 valence electrons. The van der Waals surface area contributed by atoms with Crippen molar-refractivity contribution in [3.63, 3.8) is 0 Å². The summed E-state index contributed by atoms with van der Waals surface area (Å²) >= 11 is 0. The number of hydrogen-bond donors (Lipinski definition) is 1. The quantitative estimate of drug-likeness (QED) is 0.700. The van der Waals surface area contributed by atoms with Gasteiger partial charge >= 0.3 is 0 Å². The third-order valence-corrected chi connectivity index (χ3v) is 3.56. The molecule has 3 heteroatoms. The van der Waals surface area contributed by atoms with E-state index in [1.807, 2.05) is 0 Å². The second-order valence-corrected chi connectivity index (χ2v) is 4.84. The molecular formula is C13H25N3. The van der Waals surface area contributed by atoms with Gasteiger partial charge in [-0.2, -0.15) is 5.26 Å². The summed E-state index contributed by atoms with van der Waals surface area (Å²) in [5.41, 5.74) is 0. The second-order valence-electron chi connectivity index (χ2n) is 4.84. The second kappa shape index (κ2) is 7.65. The van der Waals surface area contributed by atoms with Crippen molar-refractivity contribution < 1.29 is 0 Å². The van der Waals surface area contributed by atoms with E-state index in [1.54, 1.807) is 0 Å². The highest BCUT2D eigenvalue weighted by atomic mass is 15.1.